The van der Waals surface area contributed by atoms with E-state index in [2.05, 4.69) is 35.3 Å². The molecule has 0 aliphatic heterocycles. The van der Waals surface area contributed by atoms with Gasteiger partial charge in [0, 0.05) is 5.22 Å². The summed E-state index contributed by atoms with van der Waals surface area (Å²) in [6, 6.07) is 5.77. The first kappa shape index (κ1) is 20.5. The number of methoxy groups -OCH3 is 2. The van der Waals surface area contributed by atoms with Crippen LogP contribution in [0.1, 0.15) is 24.1 Å². The third-order valence-corrected chi connectivity index (χ3v) is 5.21. The molecule has 12 heteroatoms. The molecule has 1 aliphatic carbocycles. The van der Waals surface area contributed by atoms with Crippen molar-refractivity contribution in [2.75, 3.05) is 19.5 Å². The third kappa shape index (κ3) is 4.10. The average Bonchev–Trinajstić information content (AvgIpc) is 3.45. The normalized spacial score (nSPS) is 14.7. The third-order valence-electron chi connectivity index (χ3n) is 5.21. The number of imidazole rings is 1. The molecule has 5 rings (SSSR count). The van der Waals surface area contributed by atoms with Crippen LogP contribution in [0.5, 0.6) is 17.4 Å². The number of hydrogen-bond donors (Lipinski definition) is 4. The number of anilines is 1. The number of ether oxygens (including phenoxy) is 2. The Morgan fingerprint density at radius 2 is 2.00 bits per heavy atom. The number of rotatable bonds is 7. The van der Waals surface area contributed by atoms with Gasteiger partial charge in [-0.2, -0.15) is 19.6 Å². The minimum atomic E-state index is -0.512. The number of aromatic amines is 2. The van der Waals surface area contributed by atoms with Gasteiger partial charge in [-0.15, -0.1) is 0 Å². The number of H-pyrrole nitrogens is 2. The minimum absolute atomic E-state index is 0.215. The quantitative estimate of drug-likeness (QED) is 0.309. The highest BCUT2D eigenvalue weighted by atomic mass is 16.5. The van der Waals surface area contributed by atoms with Crippen LogP contribution in [0.25, 0.3) is 11.7 Å². The summed E-state index contributed by atoms with van der Waals surface area (Å²) in [5.74, 6) is 1.43. The zero-order valence-corrected chi connectivity index (χ0v) is 18.0. The Morgan fingerprint density at radius 1 is 1.24 bits per heavy atom. The van der Waals surface area contributed by atoms with Crippen LogP contribution in [0.15, 0.2) is 34.2 Å². The molecule has 0 atom stereocenters. The van der Waals surface area contributed by atoms with Crippen molar-refractivity contribution in [2.24, 2.45) is 4.99 Å². The number of nitrogens with zero attached hydrogens (tertiary/aromatic N) is 5. The second-order valence-corrected chi connectivity index (χ2v) is 7.52. The molecular formula is C21H22N8O4. The van der Waals surface area contributed by atoms with Gasteiger partial charge in [-0.1, -0.05) is 6.07 Å². The number of aromatic nitrogens is 6. The van der Waals surface area contributed by atoms with Gasteiger partial charge in [0.2, 0.25) is 11.8 Å². The fourth-order valence-electron chi connectivity index (χ4n) is 3.43. The number of nitrogens with one attached hydrogen (secondary N) is 3. The Morgan fingerprint density at radius 3 is 2.64 bits per heavy atom. The highest BCUT2D eigenvalue weighted by molar-refractivity contribution is 5.57. The van der Waals surface area contributed by atoms with E-state index in [1.54, 1.807) is 31.0 Å². The van der Waals surface area contributed by atoms with Crippen LogP contribution in [0, 0.1) is 0 Å². The van der Waals surface area contributed by atoms with Gasteiger partial charge >= 0.3 is 5.69 Å². The van der Waals surface area contributed by atoms with Gasteiger partial charge in [0.25, 0.3) is 5.62 Å². The maximum Gasteiger partial charge on any atom is 0.326 e. The lowest BCUT2D eigenvalue weighted by Crippen LogP contribution is -2.24. The van der Waals surface area contributed by atoms with Crippen molar-refractivity contribution in [3.05, 3.63) is 57.0 Å². The van der Waals surface area contributed by atoms with Gasteiger partial charge < -0.3 is 24.9 Å². The van der Waals surface area contributed by atoms with Crippen LogP contribution in [-0.4, -0.2) is 54.9 Å². The molecule has 3 heterocycles. The Kier molecular flexibility index (Phi) is 5.17. The molecule has 170 valence electrons. The predicted molar refractivity (Wildman–Crippen MR) is 118 cm³/mol. The van der Waals surface area contributed by atoms with Crippen LogP contribution in [0.3, 0.4) is 0 Å². The van der Waals surface area contributed by atoms with Gasteiger partial charge in [0.1, 0.15) is 17.2 Å². The number of aromatic hydroxyl groups is 1. The maximum absolute atomic E-state index is 11.5. The van der Waals surface area contributed by atoms with Crippen LogP contribution in [0.2, 0.25) is 0 Å². The summed E-state index contributed by atoms with van der Waals surface area (Å²) in [4.78, 5) is 30.1. The summed E-state index contributed by atoms with van der Waals surface area (Å²) in [5.41, 5.74) is 1.43. The van der Waals surface area contributed by atoms with E-state index in [0.29, 0.717) is 40.5 Å². The molecule has 0 bridgehead atoms. The lowest BCUT2D eigenvalue weighted by atomic mass is 10.1. The average molecular weight is 450 g/mol. The van der Waals surface area contributed by atoms with Crippen LogP contribution in [-0.2, 0) is 6.54 Å². The fraction of sp³-hybridized carbons (Fsp3) is 0.286. The van der Waals surface area contributed by atoms with E-state index in [0.717, 1.165) is 18.4 Å². The van der Waals surface area contributed by atoms with E-state index < -0.39 is 5.69 Å². The van der Waals surface area contributed by atoms with Gasteiger partial charge in [-0.3, -0.25) is 4.98 Å². The van der Waals surface area contributed by atoms with Gasteiger partial charge in [0.05, 0.1) is 38.6 Å². The van der Waals surface area contributed by atoms with Gasteiger partial charge in [-0.05, 0) is 31.1 Å². The van der Waals surface area contributed by atoms with E-state index in [-0.39, 0.29) is 17.6 Å². The van der Waals surface area contributed by atoms with Crippen molar-refractivity contribution in [2.45, 2.75) is 25.4 Å². The highest BCUT2D eigenvalue weighted by Gasteiger charge is 2.21. The lowest BCUT2D eigenvalue weighted by Gasteiger charge is -2.13. The van der Waals surface area contributed by atoms with Gasteiger partial charge in [0.15, 0.2) is 5.65 Å². The standard InChI is InChI=1S/C21H22N8O4/c1-32-15-4-3-5-16(33-2)13(15)10-22-19-26-17-11(8-14-18(30)27-21(31)25-14)9-23-29(17)20(28-19)24-12-6-7-12/h3-5,8-9,12,30H,6-7,10H2,1-2H3,(H,22,24,28)(H2,25,27,31)/b11-8+. The summed E-state index contributed by atoms with van der Waals surface area (Å²) >= 11 is 0. The molecule has 1 aliphatic rings. The molecule has 1 saturated carbocycles. The topological polar surface area (TPSA) is 155 Å². The SMILES string of the molecule is COc1cccc(OC)c1CNc1nc(=NC2CC2)n2nc/c(=C\c3[nH]c(=O)[nH]c3O)c2n1. The Hall–Kier alpha value is -4.35. The number of hydrogen-bond acceptors (Lipinski definition) is 9. The Labute approximate surface area is 186 Å². The Bertz CT molecular complexity index is 1480. The molecule has 12 nitrogen and oxygen atoms in total. The lowest BCUT2D eigenvalue weighted by molar-refractivity contribution is 0.386. The molecule has 0 amide bonds. The molecule has 3 aromatic heterocycles. The largest absolute Gasteiger partial charge is 0.496 e. The summed E-state index contributed by atoms with van der Waals surface area (Å²) in [6.07, 6.45) is 5.17. The minimum Gasteiger partial charge on any atom is -0.496 e. The monoisotopic (exact) mass is 450 g/mol. The van der Waals surface area contributed by atoms with E-state index in [4.69, 9.17) is 9.47 Å². The summed E-state index contributed by atoms with van der Waals surface area (Å²) in [7, 11) is 3.20. The van der Waals surface area contributed by atoms with Crippen molar-refractivity contribution >= 4 is 17.7 Å². The number of benzene rings is 1. The molecule has 4 aromatic rings. The van der Waals surface area contributed by atoms with E-state index >= 15 is 0 Å². The molecule has 0 unspecified atom stereocenters. The molecule has 0 saturated heterocycles. The Balaban J connectivity index is 1.59. The zero-order chi connectivity index (χ0) is 22.9. The smallest absolute Gasteiger partial charge is 0.326 e. The second kappa shape index (κ2) is 8.30. The molecule has 33 heavy (non-hydrogen) atoms. The highest BCUT2D eigenvalue weighted by Crippen LogP contribution is 2.28. The van der Waals surface area contributed by atoms with Crippen molar-refractivity contribution in [1.29, 1.82) is 0 Å². The number of fused-ring (bicyclic) bond motifs is 1. The first-order chi connectivity index (χ1) is 16.1. The first-order valence-electron chi connectivity index (χ1n) is 10.3. The second-order valence-electron chi connectivity index (χ2n) is 7.52. The molecule has 0 spiro atoms. The molecule has 1 fully saturated rings. The molecule has 4 N–H and O–H groups in total. The summed E-state index contributed by atoms with van der Waals surface area (Å²) < 4.78 is 12.5. The van der Waals surface area contributed by atoms with E-state index in [1.165, 1.54) is 0 Å². The van der Waals surface area contributed by atoms with Crippen molar-refractivity contribution in [1.82, 2.24) is 29.5 Å². The maximum atomic E-state index is 11.5. The van der Waals surface area contributed by atoms with Gasteiger partial charge in [-0.25, -0.2) is 9.79 Å². The molecular weight excluding hydrogens is 428 g/mol. The predicted octanol–water partition coefficient (Wildman–Crippen LogP) is 0.0864. The van der Waals surface area contributed by atoms with Crippen LogP contribution in [0.4, 0.5) is 5.95 Å². The van der Waals surface area contributed by atoms with Crippen molar-refractivity contribution in [3.8, 4) is 17.4 Å². The zero-order valence-electron chi connectivity index (χ0n) is 18.0. The molecule has 1 aromatic carbocycles. The first-order valence-corrected chi connectivity index (χ1v) is 10.3. The van der Waals surface area contributed by atoms with Crippen molar-refractivity contribution in [3.63, 3.8) is 0 Å². The fourth-order valence-corrected chi connectivity index (χ4v) is 3.43. The summed E-state index contributed by atoms with van der Waals surface area (Å²) in [6.45, 7) is 0.353. The van der Waals surface area contributed by atoms with Crippen LogP contribution >= 0.6 is 0 Å². The van der Waals surface area contributed by atoms with E-state index in [1.807, 2.05) is 18.2 Å². The van der Waals surface area contributed by atoms with E-state index in [9.17, 15) is 9.90 Å². The summed E-state index contributed by atoms with van der Waals surface area (Å²) in [5, 5.41) is 18.1. The van der Waals surface area contributed by atoms with Crippen molar-refractivity contribution < 1.29 is 14.6 Å². The van der Waals surface area contributed by atoms with Crippen LogP contribution < -0.4 is 31.3 Å². The molecule has 0 radical (unpaired) electrons.